The van der Waals surface area contributed by atoms with Gasteiger partial charge in [0.05, 0.1) is 24.3 Å². The Morgan fingerprint density at radius 2 is 2.50 bits per heavy atom. The molecule has 2 rings (SSSR count). The standard InChI is InChI=1S/C11H14N4O/c1-8-10(7-13-14-8)11(16)15(6-2-5-12)9-3-4-9/h7,9H,2-4,6H2,1H3,(H,13,14). The minimum atomic E-state index is -0.0102. The molecule has 1 fully saturated rings. The van der Waals surface area contributed by atoms with Gasteiger partial charge in [-0.2, -0.15) is 10.4 Å². The van der Waals surface area contributed by atoms with Crippen LogP contribution < -0.4 is 0 Å². The molecule has 1 heterocycles. The van der Waals surface area contributed by atoms with E-state index in [0.29, 0.717) is 24.6 Å². The predicted octanol–water partition coefficient (Wildman–Crippen LogP) is 1.24. The zero-order valence-corrected chi connectivity index (χ0v) is 9.23. The molecule has 1 aromatic heterocycles. The van der Waals surface area contributed by atoms with Crippen molar-refractivity contribution in [3.63, 3.8) is 0 Å². The number of aromatic amines is 1. The summed E-state index contributed by atoms with van der Waals surface area (Å²) in [7, 11) is 0. The number of aromatic nitrogens is 2. The molecular formula is C11H14N4O. The van der Waals surface area contributed by atoms with E-state index in [1.807, 2.05) is 6.92 Å². The minimum absolute atomic E-state index is 0.0102. The van der Waals surface area contributed by atoms with Gasteiger partial charge >= 0.3 is 0 Å². The Morgan fingerprint density at radius 3 is 3.00 bits per heavy atom. The molecule has 1 N–H and O–H groups in total. The second kappa shape index (κ2) is 4.35. The zero-order valence-electron chi connectivity index (χ0n) is 9.23. The van der Waals surface area contributed by atoms with Gasteiger partial charge in [0.15, 0.2) is 0 Å². The second-order valence-electron chi connectivity index (χ2n) is 4.05. The summed E-state index contributed by atoms with van der Waals surface area (Å²) in [6, 6.07) is 2.41. The molecule has 5 heteroatoms. The highest BCUT2D eigenvalue weighted by Crippen LogP contribution is 2.28. The maximum absolute atomic E-state index is 12.2. The highest BCUT2D eigenvalue weighted by atomic mass is 16.2. The number of H-pyrrole nitrogens is 1. The number of carbonyl (C=O) groups is 1. The lowest BCUT2D eigenvalue weighted by Crippen LogP contribution is -2.34. The molecule has 0 saturated heterocycles. The Hall–Kier alpha value is -1.83. The summed E-state index contributed by atoms with van der Waals surface area (Å²) in [6.45, 7) is 2.35. The van der Waals surface area contributed by atoms with Crippen molar-refractivity contribution < 1.29 is 4.79 Å². The minimum Gasteiger partial charge on any atom is -0.335 e. The normalized spacial score (nSPS) is 14.5. The van der Waals surface area contributed by atoms with Gasteiger partial charge in [-0.25, -0.2) is 0 Å². The third kappa shape index (κ3) is 2.06. The third-order valence-corrected chi connectivity index (χ3v) is 2.77. The van der Waals surface area contributed by atoms with E-state index in [0.717, 1.165) is 18.5 Å². The van der Waals surface area contributed by atoms with Crippen molar-refractivity contribution in [3.05, 3.63) is 17.5 Å². The van der Waals surface area contributed by atoms with Gasteiger partial charge in [0.25, 0.3) is 5.91 Å². The van der Waals surface area contributed by atoms with E-state index in [4.69, 9.17) is 5.26 Å². The van der Waals surface area contributed by atoms with Crippen molar-refractivity contribution in [2.24, 2.45) is 0 Å². The predicted molar refractivity (Wildman–Crippen MR) is 57.6 cm³/mol. The molecule has 0 atom stereocenters. The van der Waals surface area contributed by atoms with E-state index in [1.54, 1.807) is 11.1 Å². The molecule has 0 aromatic carbocycles. The van der Waals surface area contributed by atoms with Crippen LogP contribution in [0, 0.1) is 18.3 Å². The number of hydrogen-bond donors (Lipinski definition) is 1. The lowest BCUT2D eigenvalue weighted by molar-refractivity contribution is 0.0746. The Morgan fingerprint density at radius 1 is 1.75 bits per heavy atom. The number of nitrogens with zero attached hydrogens (tertiary/aromatic N) is 3. The Bertz CT molecular complexity index is 427. The first kappa shape index (κ1) is 10.7. The van der Waals surface area contributed by atoms with E-state index >= 15 is 0 Å². The SMILES string of the molecule is Cc1[nH]ncc1C(=O)N(CCC#N)C1CC1. The van der Waals surface area contributed by atoms with Crippen molar-refractivity contribution >= 4 is 5.91 Å². The topological polar surface area (TPSA) is 72.8 Å². The van der Waals surface area contributed by atoms with Crippen LogP contribution in [0.1, 0.15) is 35.3 Å². The molecule has 1 saturated carbocycles. The van der Waals surface area contributed by atoms with Crippen LogP contribution in [0.3, 0.4) is 0 Å². The van der Waals surface area contributed by atoms with Crippen molar-refractivity contribution in [1.29, 1.82) is 5.26 Å². The molecule has 1 amide bonds. The second-order valence-corrected chi connectivity index (χ2v) is 4.05. The first-order chi connectivity index (χ1) is 7.74. The highest BCUT2D eigenvalue weighted by molar-refractivity contribution is 5.95. The molecule has 0 spiro atoms. The fourth-order valence-corrected chi connectivity index (χ4v) is 1.73. The number of nitrogens with one attached hydrogen (secondary N) is 1. The lowest BCUT2D eigenvalue weighted by atomic mass is 10.2. The van der Waals surface area contributed by atoms with Crippen LogP contribution >= 0.6 is 0 Å². The van der Waals surface area contributed by atoms with Crippen LogP contribution in [-0.2, 0) is 0 Å². The molecule has 0 unspecified atom stereocenters. The molecule has 5 nitrogen and oxygen atoms in total. The van der Waals surface area contributed by atoms with Gasteiger partial charge in [0, 0.05) is 18.3 Å². The maximum Gasteiger partial charge on any atom is 0.257 e. The third-order valence-electron chi connectivity index (χ3n) is 2.77. The monoisotopic (exact) mass is 218 g/mol. The van der Waals surface area contributed by atoms with Gasteiger partial charge in [0.1, 0.15) is 0 Å². The Balaban J connectivity index is 2.11. The average molecular weight is 218 g/mol. The molecule has 0 bridgehead atoms. The van der Waals surface area contributed by atoms with Crippen molar-refractivity contribution in [3.8, 4) is 6.07 Å². The molecule has 1 aromatic rings. The molecule has 0 aliphatic heterocycles. The largest absolute Gasteiger partial charge is 0.335 e. The fraction of sp³-hybridized carbons (Fsp3) is 0.545. The smallest absolute Gasteiger partial charge is 0.257 e. The van der Waals surface area contributed by atoms with E-state index in [9.17, 15) is 4.79 Å². The molecule has 1 aliphatic carbocycles. The van der Waals surface area contributed by atoms with Gasteiger partial charge in [-0.15, -0.1) is 0 Å². The van der Waals surface area contributed by atoms with Crippen LogP contribution in [0.2, 0.25) is 0 Å². The van der Waals surface area contributed by atoms with Crippen LogP contribution in [-0.4, -0.2) is 33.6 Å². The molecule has 1 aliphatic rings. The number of amides is 1. The maximum atomic E-state index is 12.2. The molecule has 16 heavy (non-hydrogen) atoms. The van der Waals surface area contributed by atoms with Gasteiger partial charge in [-0.1, -0.05) is 0 Å². The van der Waals surface area contributed by atoms with Crippen LogP contribution in [0.5, 0.6) is 0 Å². The molecule has 0 radical (unpaired) electrons. The first-order valence-electron chi connectivity index (χ1n) is 5.42. The average Bonchev–Trinajstić information content (AvgIpc) is 3.01. The van der Waals surface area contributed by atoms with Crippen LogP contribution in [0.25, 0.3) is 0 Å². The summed E-state index contributed by atoms with van der Waals surface area (Å²) in [4.78, 5) is 14.0. The number of aryl methyl sites for hydroxylation is 1. The molecule has 84 valence electrons. The summed E-state index contributed by atoms with van der Waals surface area (Å²) >= 11 is 0. The van der Waals surface area contributed by atoms with Gasteiger partial charge in [0.2, 0.25) is 0 Å². The summed E-state index contributed by atoms with van der Waals surface area (Å²) < 4.78 is 0. The number of hydrogen-bond acceptors (Lipinski definition) is 3. The zero-order chi connectivity index (χ0) is 11.5. The first-order valence-corrected chi connectivity index (χ1v) is 5.42. The number of rotatable bonds is 4. The fourth-order valence-electron chi connectivity index (χ4n) is 1.73. The summed E-state index contributed by atoms with van der Waals surface area (Å²) in [5, 5.41) is 15.2. The van der Waals surface area contributed by atoms with Crippen molar-refractivity contribution in [1.82, 2.24) is 15.1 Å². The quantitative estimate of drug-likeness (QED) is 0.826. The lowest BCUT2D eigenvalue weighted by Gasteiger charge is -2.20. The van der Waals surface area contributed by atoms with E-state index < -0.39 is 0 Å². The summed E-state index contributed by atoms with van der Waals surface area (Å²) in [5.74, 6) is -0.0102. The van der Waals surface area contributed by atoms with Gasteiger partial charge < -0.3 is 4.90 Å². The van der Waals surface area contributed by atoms with Crippen molar-refractivity contribution in [2.45, 2.75) is 32.2 Å². The summed E-state index contributed by atoms with van der Waals surface area (Å²) in [5.41, 5.74) is 1.40. The highest BCUT2D eigenvalue weighted by Gasteiger charge is 2.33. The summed E-state index contributed by atoms with van der Waals surface area (Å²) in [6.07, 6.45) is 4.04. The Labute approximate surface area is 94.1 Å². The number of carbonyl (C=O) groups excluding carboxylic acids is 1. The van der Waals surface area contributed by atoms with Crippen LogP contribution in [0.4, 0.5) is 0 Å². The number of nitriles is 1. The van der Waals surface area contributed by atoms with Gasteiger partial charge in [-0.05, 0) is 19.8 Å². The van der Waals surface area contributed by atoms with E-state index in [-0.39, 0.29) is 5.91 Å². The Kier molecular flexibility index (Phi) is 2.91. The van der Waals surface area contributed by atoms with Gasteiger partial charge in [-0.3, -0.25) is 9.89 Å². The van der Waals surface area contributed by atoms with E-state index in [1.165, 1.54) is 0 Å². The van der Waals surface area contributed by atoms with E-state index in [2.05, 4.69) is 16.3 Å². The van der Waals surface area contributed by atoms with Crippen LogP contribution in [0.15, 0.2) is 6.20 Å². The molecular weight excluding hydrogens is 204 g/mol. The van der Waals surface area contributed by atoms with Crippen molar-refractivity contribution in [2.75, 3.05) is 6.54 Å².